The van der Waals surface area contributed by atoms with Gasteiger partial charge in [0, 0.05) is 30.1 Å². The number of amides is 1. The highest BCUT2D eigenvalue weighted by molar-refractivity contribution is 5.95. The summed E-state index contributed by atoms with van der Waals surface area (Å²) in [6.07, 6.45) is 1.56. The predicted octanol–water partition coefficient (Wildman–Crippen LogP) is 3.53. The lowest BCUT2D eigenvalue weighted by atomic mass is 10.1. The molecule has 1 fully saturated rings. The van der Waals surface area contributed by atoms with Gasteiger partial charge in [0.2, 0.25) is 5.91 Å². The van der Waals surface area contributed by atoms with Gasteiger partial charge in [0.15, 0.2) is 0 Å². The zero-order valence-corrected chi connectivity index (χ0v) is 12.4. The summed E-state index contributed by atoms with van der Waals surface area (Å²) < 4.78 is 5.72. The van der Waals surface area contributed by atoms with Crippen LogP contribution in [0.4, 0.5) is 5.69 Å². The van der Waals surface area contributed by atoms with E-state index < -0.39 is 0 Å². The van der Waals surface area contributed by atoms with E-state index >= 15 is 0 Å². The molecule has 1 saturated heterocycles. The molecule has 0 radical (unpaired) electrons. The topological polar surface area (TPSA) is 78.3 Å². The standard InChI is InChI=1S/C15H20N4O2/c1-3-11(2)21-14-6-4-13(5-7-14)19-10-12(8-15(19)20)9-17-18-16/h4-7,11-12H,3,8-10H2,1-2H3. The molecular weight excluding hydrogens is 268 g/mol. The molecule has 1 aliphatic rings. The van der Waals surface area contributed by atoms with E-state index in [9.17, 15) is 4.79 Å². The van der Waals surface area contributed by atoms with E-state index in [1.54, 1.807) is 4.90 Å². The van der Waals surface area contributed by atoms with Crippen molar-refractivity contribution in [3.05, 3.63) is 34.7 Å². The highest BCUT2D eigenvalue weighted by atomic mass is 16.5. The third kappa shape index (κ3) is 3.89. The van der Waals surface area contributed by atoms with E-state index in [0.717, 1.165) is 17.9 Å². The summed E-state index contributed by atoms with van der Waals surface area (Å²) in [4.78, 5) is 16.5. The molecule has 0 N–H and O–H groups in total. The maximum absolute atomic E-state index is 12.0. The normalized spacial score (nSPS) is 19.2. The molecule has 21 heavy (non-hydrogen) atoms. The average molecular weight is 288 g/mol. The van der Waals surface area contributed by atoms with Crippen LogP contribution in [0, 0.1) is 5.92 Å². The van der Waals surface area contributed by atoms with Crippen molar-refractivity contribution in [3.63, 3.8) is 0 Å². The number of rotatable bonds is 6. The largest absolute Gasteiger partial charge is 0.491 e. The van der Waals surface area contributed by atoms with Crippen molar-refractivity contribution in [3.8, 4) is 5.75 Å². The number of nitrogens with zero attached hydrogens (tertiary/aromatic N) is 4. The fourth-order valence-corrected chi connectivity index (χ4v) is 2.33. The lowest BCUT2D eigenvalue weighted by molar-refractivity contribution is -0.117. The second-order valence-electron chi connectivity index (χ2n) is 5.32. The lowest BCUT2D eigenvalue weighted by Gasteiger charge is -2.18. The highest BCUT2D eigenvalue weighted by Gasteiger charge is 2.29. The smallest absolute Gasteiger partial charge is 0.227 e. The first-order valence-corrected chi connectivity index (χ1v) is 7.22. The first-order valence-electron chi connectivity index (χ1n) is 7.22. The molecule has 1 heterocycles. The fraction of sp³-hybridized carbons (Fsp3) is 0.533. The van der Waals surface area contributed by atoms with Crippen LogP contribution in [-0.2, 0) is 4.79 Å². The van der Waals surface area contributed by atoms with Gasteiger partial charge in [0.1, 0.15) is 5.75 Å². The van der Waals surface area contributed by atoms with E-state index in [1.807, 2.05) is 31.2 Å². The third-order valence-electron chi connectivity index (χ3n) is 3.67. The first kappa shape index (κ1) is 15.2. The molecule has 1 aromatic rings. The zero-order valence-electron chi connectivity index (χ0n) is 12.4. The average Bonchev–Trinajstić information content (AvgIpc) is 2.87. The molecule has 1 aliphatic heterocycles. The van der Waals surface area contributed by atoms with Crippen molar-refractivity contribution in [2.24, 2.45) is 11.0 Å². The number of benzene rings is 1. The van der Waals surface area contributed by atoms with Crippen molar-refractivity contribution in [2.45, 2.75) is 32.8 Å². The van der Waals surface area contributed by atoms with Crippen molar-refractivity contribution < 1.29 is 9.53 Å². The van der Waals surface area contributed by atoms with Gasteiger partial charge < -0.3 is 9.64 Å². The Morgan fingerprint density at radius 1 is 1.48 bits per heavy atom. The summed E-state index contributed by atoms with van der Waals surface area (Å²) in [5, 5.41) is 3.55. The molecule has 0 aliphatic carbocycles. The van der Waals surface area contributed by atoms with Crippen LogP contribution in [0.2, 0.25) is 0 Å². The van der Waals surface area contributed by atoms with Crippen LogP contribution in [-0.4, -0.2) is 25.1 Å². The Labute approximate surface area is 124 Å². The summed E-state index contributed by atoms with van der Waals surface area (Å²) in [7, 11) is 0. The summed E-state index contributed by atoms with van der Waals surface area (Å²) in [6.45, 7) is 5.07. The SMILES string of the molecule is CCC(C)Oc1ccc(N2CC(CN=[N+]=[N-])CC2=O)cc1. The Hall–Kier alpha value is -2.20. The summed E-state index contributed by atoms with van der Waals surface area (Å²) in [6, 6.07) is 7.56. The second-order valence-corrected chi connectivity index (χ2v) is 5.32. The van der Waals surface area contributed by atoms with Crippen LogP contribution >= 0.6 is 0 Å². The summed E-state index contributed by atoms with van der Waals surface area (Å²) in [5.41, 5.74) is 9.21. The lowest BCUT2D eigenvalue weighted by Crippen LogP contribution is -2.24. The van der Waals surface area contributed by atoms with Gasteiger partial charge in [-0.1, -0.05) is 12.0 Å². The molecule has 1 amide bonds. The number of azide groups is 1. The van der Waals surface area contributed by atoms with Gasteiger partial charge in [-0.15, -0.1) is 0 Å². The Kier molecular flexibility index (Phi) is 5.06. The van der Waals surface area contributed by atoms with E-state index in [4.69, 9.17) is 10.3 Å². The predicted molar refractivity (Wildman–Crippen MR) is 81.3 cm³/mol. The number of carbonyl (C=O) groups excluding carboxylic acids is 1. The van der Waals surface area contributed by atoms with Crippen molar-refractivity contribution in [2.75, 3.05) is 18.0 Å². The fourth-order valence-electron chi connectivity index (χ4n) is 2.33. The number of hydrogen-bond donors (Lipinski definition) is 0. The quantitative estimate of drug-likeness (QED) is 0.456. The van der Waals surface area contributed by atoms with Crippen LogP contribution in [0.25, 0.3) is 10.4 Å². The second kappa shape index (κ2) is 6.99. The summed E-state index contributed by atoms with van der Waals surface area (Å²) in [5.74, 6) is 0.985. The Balaban J connectivity index is 2.01. The molecule has 2 atom stereocenters. The minimum absolute atomic E-state index is 0.0729. The van der Waals surface area contributed by atoms with Crippen LogP contribution in [0.1, 0.15) is 26.7 Å². The first-order chi connectivity index (χ1) is 10.1. The maximum atomic E-state index is 12.0. The minimum atomic E-state index is 0.0729. The number of carbonyl (C=O) groups is 1. The van der Waals surface area contributed by atoms with Crippen molar-refractivity contribution >= 4 is 11.6 Å². The molecule has 6 heteroatoms. The van der Waals surface area contributed by atoms with Gasteiger partial charge >= 0.3 is 0 Å². The summed E-state index contributed by atoms with van der Waals surface area (Å²) >= 11 is 0. The Morgan fingerprint density at radius 3 is 2.81 bits per heavy atom. The van der Waals surface area contributed by atoms with E-state index in [2.05, 4.69) is 16.9 Å². The van der Waals surface area contributed by atoms with E-state index in [1.165, 1.54) is 0 Å². The molecule has 0 saturated carbocycles. The Morgan fingerprint density at radius 2 is 2.19 bits per heavy atom. The molecular formula is C15H20N4O2. The van der Waals surface area contributed by atoms with Gasteiger partial charge in [-0.2, -0.15) is 0 Å². The zero-order chi connectivity index (χ0) is 15.2. The molecule has 0 spiro atoms. The van der Waals surface area contributed by atoms with Gasteiger partial charge in [-0.05, 0) is 49.1 Å². The van der Waals surface area contributed by atoms with E-state index in [0.29, 0.717) is 19.5 Å². The van der Waals surface area contributed by atoms with E-state index in [-0.39, 0.29) is 17.9 Å². The monoisotopic (exact) mass is 288 g/mol. The van der Waals surface area contributed by atoms with Crippen molar-refractivity contribution in [1.29, 1.82) is 0 Å². The van der Waals surface area contributed by atoms with Gasteiger partial charge in [0.05, 0.1) is 6.10 Å². The number of ether oxygens (including phenoxy) is 1. The molecule has 2 unspecified atom stereocenters. The Bertz CT molecular complexity index is 537. The highest BCUT2D eigenvalue weighted by Crippen LogP contribution is 2.27. The number of anilines is 1. The van der Waals surface area contributed by atoms with Crippen LogP contribution in [0.5, 0.6) is 5.75 Å². The van der Waals surface area contributed by atoms with Gasteiger partial charge in [-0.25, -0.2) is 0 Å². The van der Waals surface area contributed by atoms with Crippen LogP contribution < -0.4 is 9.64 Å². The van der Waals surface area contributed by atoms with Crippen LogP contribution in [0.15, 0.2) is 29.4 Å². The minimum Gasteiger partial charge on any atom is -0.491 e. The molecule has 0 aromatic heterocycles. The maximum Gasteiger partial charge on any atom is 0.227 e. The molecule has 112 valence electrons. The van der Waals surface area contributed by atoms with Gasteiger partial charge in [0.25, 0.3) is 0 Å². The van der Waals surface area contributed by atoms with Crippen molar-refractivity contribution in [1.82, 2.24) is 0 Å². The van der Waals surface area contributed by atoms with Crippen LogP contribution in [0.3, 0.4) is 0 Å². The molecule has 1 aromatic carbocycles. The molecule has 6 nitrogen and oxygen atoms in total. The number of hydrogen-bond acceptors (Lipinski definition) is 3. The molecule has 0 bridgehead atoms. The van der Waals surface area contributed by atoms with Gasteiger partial charge in [-0.3, -0.25) is 4.79 Å². The third-order valence-corrected chi connectivity index (χ3v) is 3.67. The molecule has 2 rings (SSSR count).